The Morgan fingerprint density at radius 3 is 2.24 bits per heavy atom. The first kappa shape index (κ1) is 20.3. The zero-order chi connectivity index (χ0) is 21.0. The van der Waals surface area contributed by atoms with E-state index < -0.39 is 27.1 Å². The Bertz CT molecular complexity index is 924. The number of benzene rings is 1. The minimum absolute atomic E-state index is 0.340. The van der Waals surface area contributed by atoms with Crippen LogP contribution in [0.4, 0.5) is 5.69 Å². The molecule has 1 aromatic rings. The van der Waals surface area contributed by atoms with E-state index in [9.17, 15) is 23.1 Å². The molecular formula is C21H27NO6S. The lowest BCUT2D eigenvalue weighted by Crippen LogP contribution is -2.58. The molecule has 0 heterocycles. The summed E-state index contributed by atoms with van der Waals surface area (Å²) in [5.74, 6) is -0.00155. The first-order chi connectivity index (χ1) is 13.5. The van der Waals surface area contributed by atoms with Gasteiger partial charge in [-0.05, 0) is 81.5 Å². The summed E-state index contributed by atoms with van der Waals surface area (Å²) in [5.41, 5.74) is -0.737. The van der Waals surface area contributed by atoms with Gasteiger partial charge in [-0.15, -0.1) is 0 Å². The van der Waals surface area contributed by atoms with Crippen molar-refractivity contribution in [2.45, 2.75) is 57.2 Å². The maximum Gasteiger partial charge on any atom is 0.312 e. The number of Topliss-reactive ketones (excluding diaryl/α,β-unsaturated/α-hetero) is 1. The average Bonchev–Trinajstić information content (AvgIpc) is 2.58. The number of carbonyl (C=O) groups excluding carboxylic acids is 2. The van der Waals surface area contributed by atoms with Crippen molar-refractivity contribution in [1.29, 1.82) is 0 Å². The van der Waals surface area contributed by atoms with Crippen molar-refractivity contribution in [3.8, 4) is 0 Å². The third-order valence-electron chi connectivity index (χ3n) is 6.59. The van der Waals surface area contributed by atoms with Crippen LogP contribution in [0.1, 0.15) is 55.8 Å². The summed E-state index contributed by atoms with van der Waals surface area (Å²) < 4.78 is 30.5. The fraction of sp³-hybridized carbons (Fsp3) is 0.619. The number of ether oxygens (including phenoxy) is 1. The minimum atomic E-state index is -3.39. The van der Waals surface area contributed by atoms with Gasteiger partial charge in [-0.25, -0.2) is 8.42 Å². The summed E-state index contributed by atoms with van der Waals surface area (Å²) >= 11 is 0. The lowest BCUT2D eigenvalue weighted by atomic mass is 9.48. The predicted molar refractivity (Wildman–Crippen MR) is 107 cm³/mol. The molecule has 4 saturated carbocycles. The standard InChI is InChI=1S/C21H27NO6S/c1-13(18(23)16-3-5-17(6-4-16)22-29(2,26)27)28-19(24)20-8-14-7-15(9-20)11-21(25,10-14)12-20/h3-6,13-15,22,25H,7-12H2,1-2H3/t13-,14-,15+,20?,21?/m1/s1. The Kier molecular flexibility index (Phi) is 4.77. The number of esters is 1. The number of hydrogen-bond donors (Lipinski definition) is 2. The summed E-state index contributed by atoms with van der Waals surface area (Å²) in [6.45, 7) is 1.55. The SMILES string of the molecule is C[C@@H](OC(=O)C12C[C@@H]3C[C@@H](CC(O)(C3)C1)C2)C(=O)c1ccc(NS(C)(=O)=O)cc1. The van der Waals surface area contributed by atoms with Gasteiger partial charge >= 0.3 is 5.97 Å². The molecule has 0 aromatic heterocycles. The molecule has 2 unspecified atom stereocenters. The molecule has 4 fully saturated rings. The topological polar surface area (TPSA) is 110 Å². The van der Waals surface area contributed by atoms with E-state index in [-0.39, 0.29) is 11.8 Å². The minimum Gasteiger partial charge on any atom is -0.454 e. The van der Waals surface area contributed by atoms with Crippen LogP contribution in [0.15, 0.2) is 24.3 Å². The van der Waals surface area contributed by atoms with E-state index in [0.717, 1.165) is 38.4 Å². The number of hydrogen-bond acceptors (Lipinski definition) is 6. The maximum absolute atomic E-state index is 13.0. The zero-order valence-corrected chi connectivity index (χ0v) is 17.5. The highest BCUT2D eigenvalue weighted by Gasteiger charge is 2.61. The molecule has 29 heavy (non-hydrogen) atoms. The Balaban J connectivity index is 1.43. The van der Waals surface area contributed by atoms with Gasteiger partial charge in [0.05, 0.1) is 17.3 Å². The highest BCUT2D eigenvalue weighted by molar-refractivity contribution is 7.92. The highest BCUT2D eigenvalue weighted by atomic mass is 32.2. The number of rotatable bonds is 6. The van der Waals surface area contributed by atoms with Crippen molar-refractivity contribution in [1.82, 2.24) is 0 Å². The van der Waals surface area contributed by atoms with Crippen LogP contribution >= 0.6 is 0 Å². The first-order valence-electron chi connectivity index (χ1n) is 10.0. The molecule has 1 aromatic carbocycles. The summed E-state index contributed by atoms with van der Waals surface area (Å²) in [4.78, 5) is 25.7. The van der Waals surface area contributed by atoms with E-state index in [1.165, 1.54) is 24.3 Å². The van der Waals surface area contributed by atoms with Crippen molar-refractivity contribution in [3.05, 3.63) is 29.8 Å². The second-order valence-electron chi connectivity index (χ2n) is 9.33. The molecule has 4 aliphatic rings. The van der Waals surface area contributed by atoms with Crippen LogP contribution in [-0.4, -0.2) is 43.2 Å². The number of nitrogens with one attached hydrogen (secondary N) is 1. The van der Waals surface area contributed by atoms with Gasteiger partial charge in [0.15, 0.2) is 6.10 Å². The number of carbonyl (C=O) groups is 2. The summed E-state index contributed by atoms with van der Waals surface area (Å²) in [5, 5.41) is 10.8. The molecule has 5 rings (SSSR count). The van der Waals surface area contributed by atoms with Gasteiger partial charge in [-0.2, -0.15) is 0 Å². The molecule has 7 nitrogen and oxygen atoms in total. The molecular weight excluding hydrogens is 394 g/mol. The van der Waals surface area contributed by atoms with E-state index >= 15 is 0 Å². The van der Waals surface area contributed by atoms with Gasteiger partial charge in [0.1, 0.15) is 0 Å². The molecule has 0 radical (unpaired) electrons. The number of aliphatic hydroxyl groups is 1. The maximum atomic E-state index is 13.0. The normalized spacial score (nSPS) is 33.9. The number of sulfonamides is 1. The van der Waals surface area contributed by atoms with Crippen LogP contribution in [0.5, 0.6) is 0 Å². The van der Waals surface area contributed by atoms with E-state index in [4.69, 9.17) is 4.74 Å². The largest absolute Gasteiger partial charge is 0.454 e. The van der Waals surface area contributed by atoms with Gasteiger partial charge in [0.2, 0.25) is 15.8 Å². The van der Waals surface area contributed by atoms with Crippen LogP contribution in [0.2, 0.25) is 0 Å². The van der Waals surface area contributed by atoms with Crippen LogP contribution in [-0.2, 0) is 19.6 Å². The van der Waals surface area contributed by atoms with Crippen molar-refractivity contribution in [2.75, 3.05) is 11.0 Å². The Labute approximate surface area is 170 Å². The number of anilines is 1. The van der Waals surface area contributed by atoms with Gasteiger partial charge in [0.25, 0.3) is 0 Å². The number of ketones is 1. The van der Waals surface area contributed by atoms with Crippen LogP contribution in [0.3, 0.4) is 0 Å². The van der Waals surface area contributed by atoms with Gasteiger partial charge in [0, 0.05) is 11.3 Å². The zero-order valence-electron chi connectivity index (χ0n) is 16.7. The van der Waals surface area contributed by atoms with Gasteiger partial charge in [-0.3, -0.25) is 14.3 Å². The molecule has 158 valence electrons. The van der Waals surface area contributed by atoms with E-state index in [2.05, 4.69) is 4.72 Å². The molecule has 0 amide bonds. The third kappa shape index (κ3) is 4.05. The fourth-order valence-corrected chi connectivity index (χ4v) is 6.51. The summed E-state index contributed by atoms with van der Waals surface area (Å²) in [6.07, 6.45) is 4.60. The van der Waals surface area contributed by atoms with Crippen molar-refractivity contribution in [3.63, 3.8) is 0 Å². The van der Waals surface area contributed by atoms with Crippen molar-refractivity contribution < 1.29 is 27.9 Å². The smallest absolute Gasteiger partial charge is 0.312 e. The van der Waals surface area contributed by atoms with Gasteiger partial charge < -0.3 is 9.84 Å². The Morgan fingerprint density at radius 1 is 1.14 bits per heavy atom. The second-order valence-corrected chi connectivity index (χ2v) is 11.1. The third-order valence-corrected chi connectivity index (χ3v) is 7.20. The Morgan fingerprint density at radius 2 is 1.72 bits per heavy atom. The molecule has 0 spiro atoms. The Hall–Kier alpha value is -1.93. The van der Waals surface area contributed by atoms with E-state index in [1.807, 2.05) is 0 Å². The second kappa shape index (κ2) is 6.80. The molecule has 4 bridgehead atoms. The van der Waals surface area contributed by atoms with Crippen molar-refractivity contribution >= 4 is 27.5 Å². The first-order valence-corrected chi connectivity index (χ1v) is 11.9. The lowest BCUT2D eigenvalue weighted by molar-refractivity contribution is -0.197. The van der Waals surface area contributed by atoms with Crippen molar-refractivity contribution in [2.24, 2.45) is 17.3 Å². The predicted octanol–water partition coefficient (Wildman–Crippen LogP) is 2.50. The van der Waals surface area contributed by atoms with Crippen LogP contribution < -0.4 is 4.72 Å². The molecule has 5 atom stereocenters. The molecule has 0 saturated heterocycles. The lowest BCUT2D eigenvalue weighted by Gasteiger charge is -2.58. The molecule has 8 heteroatoms. The fourth-order valence-electron chi connectivity index (χ4n) is 5.94. The summed E-state index contributed by atoms with van der Waals surface area (Å²) in [6, 6.07) is 6.01. The average molecular weight is 422 g/mol. The van der Waals surface area contributed by atoms with Crippen LogP contribution in [0, 0.1) is 17.3 Å². The van der Waals surface area contributed by atoms with Gasteiger partial charge in [-0.1, -0.05) is 0 Å². The van der Waals surface area contributed by atoms with E-state index in [0.29, 0.717) is 29.5 Å². The molecule has 4 aliphatic carbocycles. The summed E-state index contributed by atoms with van der Waals surface area (Å²) in [7, 11) is -3.39. The molecule has 2 N–H and O–H groups in total. The molecule has 0 aliphatic heterocycles. The quantitative estimate of drug-likeness (QED) is 0.539. The highest BCUT2D eigenvalue weighted by Crippen LogP contribution is 2.62. The van der Waals surface area contributed by atoms with E-state index in [1.54, 1.807) is 6.92 Å². The van der Waals surface area contributed by atoms with Crippen LogP contribution in [0.25, 0.3) is 0 Å². The monoisotopic (exact) mass is 421 g/mol.